The van der Waals surface area contributed by atoms with Gasteiger partial charge in [-0.25, -0.2) is 15.0 Å². The highest BCUT2D eigenvalue weighted by Crippen LogP contribution is 2.48. The van der Waals surface area contributed by atoms with Crippen molar-refractivity contribution in [3.63, 3.8) is 0 Å². The van der Waals surface area contributed by atoms with Crippen LogP contribution >= 0.6 is 11.3 Å². The lowest BCUT2D eigenvalue weighted by Gasteiger charge is -2.16. The normalized spacial score (nSPS) is 12.3. The molecule has 0 aliphatic rings. The van der Waals surface area contributed by atoms with Gasteiger partial charge in [0.05, 0.1) is 16.7 Å². The number of aromatic nitrogens is 4. The highest BCUT2D eigenvalue weighted by atomic mass is 32.1. The first-order valence-electron chi connectivity index (χ1n) is 20.5. The van der Waals surface area contributed by atoms with Crippen molar-refractivity contribution in [2.45, 2.75) is 0 Å². The van der Waals surface area contributed by atoms with Crippen molar-refractivity contribution in [2.75, 3.05) is 0 Å². The lowest BCUT2D eigenvalue weighted by atomic mass is 9.91. The van der Waals surface area contributed by atoms with Crippen molar-refractivity contribution in [2.24, 2.45) is 0 Å². The lowest BCUT2D eigenvalue weighted by molar-refractivity contribution is 0.669. The van der Waals surface area contributed by atoms with Crippen molar-refractivity contribution < 1.29 is 4.42 Å². The number of nitrogens with zero attached hydrogens (tertiary/aromatic N) is 4. The molecule has 4 aromatic heterocycles. The summed E-state index contributed by atoms with van der Waals surface area (Å²) < 4.78 is 11.5. The second kappa shape index (κ2) is 12.3. The van der Waals surface area contributed by atoms with Gasteiger partial charge in [0.15, 0.2) is 17.5 Å². The number of benzene rings is 10. The maximum atomic E-state index is 6.66. The molecule has 61 heavy (non-hydrogen) atoms. The Morgan fingerprint density at radius 3 is 1.92 bits per heavy atom. The summed E-state index contributed by atoms with van der Waals surface area (Å²) in [5.41, 5.74) is 7.59. The predicted octanol–water partition coefficient (Wildman–Crippen LogP) is 15.1. The Kier molecular flexibility index (Phi) is 6.65. The molecule has 0 unspecified atom stereocenters. The predicted molar refractivity (Wildman–Crippen MR) is 254 cm³/mol. The van der Waals surface area contributed by atoms with Crippen LogP contribution in [0, 0.1) is 0 Å². The van der Waals surface area contributed by atoms with Crippen LogP contribution in [-0.2, 0) is 0 Å². The van der Waals surface area contributed by atoms with E-state index in [2.05, 4.69) is 156 Å². The van der Waals surface area contributed by atoms with E-state index in [0.29, 0.717) is 17.5 Å². The molecule has 14 rings (SSSR count). The van der Waals surface area contributed by atoms with Crippen LogP contribution in [0.4, 0.5) is 0 Å². The van der Waals surface area contributed by atoms with Gasteiger partial charge in [-0.3, -0.25) is 0 Å². The summed E-state index contributed by atoms with van der Waals surface area (Å²) in [6.07, 6.45) is 0. The molecule has 0 atom stereocenters. The van der Waals surface area contributed by atoms with E-state index in [1.807, 2.05) is 30.3 Å². The molecule has 10 aromatic carbocycles. The molecule has 0 N–H and O–H groups in total. The maximum Gasteiger partial charge on any atom is 0.166 e. The fourth-order valence-corrected chi connectivity index (χ4v) is 11.1. The van der Waals surface area contributed by atoms with E-state index >= 15 is 0 Å². The second-order valence-electron chi connectivity index (χ2n) is 15.9. The van der Waals surface area contributed by atoms with E-state index in [4.69, 9.17) is 19.4 Å². The molecule has 0 aliphatic heterocycles. The van der Waals surface area contributed by atoms with Gasteiger partial charge >= 0.3 is 0 Å². The van der Waals surface area contributed by atoms with Gasteiger partial charge in [-0.05, 0) is 69.4 Å². The van der Waals surface area contributed by atoms with Crippen molar-refractivity contribution in [3.8, 4) is 39.9 Å². The molecule has 0 bridgehead atoms. The summed E-state index contributed by atoms with van der Waals surface area (Å²) in [4.78, 5) is 16.1. The van der Waals surface area contributed by atoms with Gasteiger partial charge in [0.2, 0.25) is 0 Å². The zero-order valence-electron chi connectivity index (χ0n) is 32.4. The van der Waals surface area contributed by atoms with E-state index in [9.17, 15) is 0 Å². The molecule has 0 saturated carbocycles. The molecule has 0 aliphatic carbocycles. The second-order valence-corrected chi connectivity index (χ2v) is 16.9. The highest BCUT2D eigenvalue weighted by Gasteiger charge is 2.26. The summed E-state index contributed by atoms with van der Waals surface area (Å²) in [7, 11) is 0. The first-order chi connectivity index (χ1) is 30.2. The van der Waals surface area contributed by atoms with Crippen LogP contribution in [0.25, 0.3) is 136 Å². The number of fused-ring (bicyclic) bond motifs is 11. The minimum Gasteiger partial charge on any atom is -0.456 e. The van der Waals surface area contributed by atoms with Crippen LogP contribution in [0.2, 0.25) is 0 Å². The van der Waals surface area contributed by atoms with Crippen LogP contribution < -0.4 is 0 Å². The van der Waals surface area contributed by atoms with Crippen LogP contribution in [0.3, 0.4) is 0 Å². The van der Waals surface area contributed by atoms with E-state index in [1.54, 1.807) is 11.3 Å². The Morgan fingerprint density at radius 2 is 1.03 bits per heavy atom. The Bertz CT molecular complexity index is 4120. The van der Waals surface area contributed by atoms with Crippen molar-refractivity contribution >= 4 is 108 Å². The Labute approximate surface area is 351 Å². The van der Waals surface area contributed by atoms with Crippen molar-refractivity contribution in [3.05, 3.63) is 182 Å². The molecule has 282 valence electrons. The first-order valence-corrected chi connectivity index (χ1v) is 21.3. The average Bonchev–Trinajstić information content (AvgIpc) is 4.00. The fourth-order valence-electron chi connectivity index (χ4n) is 10.00. The van der Waals surface area contributed by atoms with Gasteiger partial charge in [0.25, 0.3) is 0 Å². The Balaban J connectivity index is 1.16. The third-order valence-electron chi connectivity index (χ3n) is 12.6. The lowest BCUT2D eigenvalue weighted by Crippen LogP contribution is -2.04. The Hall–Kier alpha value is -7.93. The zero-order valence-corrected chi connectivity index (χ0v) is 33.2. The van der Waals surface area contributed by atoms with E-state index in [1.165, 1.54) is 57.9 Å². The van der Waals surface area contributed by atoms with Gasteiger partial charge in [0, 0.05) is 63.8 Å². The fraction of sp³-hybridized carbons (Fsp3) is 0. The van der Waals surface area contributed by atoms with Gasteiger partial charge in [-0.15, -0.1) is 11.3 Å². The summed E-state index contributed by atoms with van der Waals surface area (Å²) in [5.74, 6) is 1.81. The smallest absolute Gasteiger partial charge is 0.166 e. The molecule has 6 heteroatoms. The van der Waals surface area contributed by atoms with Crippen molar-refractivity contribution in [1.82, 2.24) is 19.5 Å². The Morgan fingerprint density at radius 1 is 0.377 bits per heavy atom. The molecule has 0 saturated heterocycles. The first kappa shape index (κ1) is 33.0. The summed E-state index contributed by atoms with van der Waals surface area (Å²) in [5, 5.41) is 14.4. The largest absolute Gasteiger partial charge is 0.456 e. The number of thiophene rings is 1. The molecular formula is C55H30N4OS. The van der Waals surface area contributed by atoms with Gasteiger partial charge in [0.1, 0.15) is 11.2 Å². The standard InChI is InChI=1S/C55H30N4OS/c1-2-14-31(15-3-1)53-56-54(39-23-13-27-48-49(39)38-21-9-11-26-47(38)61-48)58-55(57-53)41-30-46-40(35-19-8-10-25-45(35)60-46)29-43(41)59-42-24-12-22-37-34-18-6-7-20-36(34)50-33-17-5-4-16-32(33)28-44(59)52(50)51(37)42/h1-30H. The van der Waals surface area contributed by atoms with Crippen LogP contribution in [-0.4, -0.2) is 19.5 Å². The molecule has 0 radical (unpaired) electrons. The summed E-state index contributed by atoms with van der Waals surface area (Å²) in [6.45, 7) is 0. The monoisotopic (exact) mass is 794 g/mol. The SMILES string of the molecule is c1ccc(-c2nc(-c3cc4oc5ccccc5c4cc3-n3c4cccc5c6ccccc6c6c7ccccc7cc3c6c54)nc(-c3cccc4sc5ccccc5c34)n2)cc1. The van der Waals surface area contributed by atoms with Gasteiger partial charge in [-0.1, -0.05) is 140 Å². The zero-order chi connectivity index (χ0) is 39.8. The molecular weight excluding hydrogens is 765 g/mol. The third-order valence-corrected chi connectivity index (χ3v) is 13.7. The molecule has 4 heterocycles. The summed E-state index contributed by atoms with van der Waals surface area (Å²) >= 11 is 1.79. The van der Waals surface area contributed by atoms with E-state index in [-0.39, 0.29) is 0 Å². The summed E-state index contributed by atoms with van der Waals surface area (Å²) in [6, 6.07) is 64.8. The molecule has 0 amide bonds. The average molecular weight is 795 g/mol. The topological polar surface area (TPSA) is 56.7 Å². The number of furan rings is 1. The molecule has 5 nitrogen and oxygen atoms in total. The number of hydrogen-bond acceptors (Lipinski definition) is 5. The van der Waals surface area contributed by atoms with Crippen molar-refractivity contribution in [1.29, 1.82) is 0 Å². The molecule has 0 spiro atoms. The number of hydrogen-bond donors (Lipinski definition) is 0. The number of rotatable bonds is 4. The van der Waals surface area contributed by atoms with Crippen LogP contribution in [0.15, 0.2) is 186 Å². The minimum atomic E-state index is 0.572. The molecule has 0 fully saturated rings. The van der Waals surface area contributed by atoms with Crippen LogP contribution in [0.5, 0.6) is 0 Å². The quantitative estimate of drug-likeness (QED) is 0.167. The molecule has 14 aromatic rings. The third kappa shape index (κ3) is 4.62. The maximum absolute atomic E-state index is 6.66. The van der Waals surface area contributed by atoms with Gasteiger partial charge in [-0.2, -0.15) is 0 Å². The van der Waals surface area contributed by atoms with Crippen LogP contribution in [0.1, 0.15) is 0 Å². The minimum absolute atomic E-state index is 0.572. The highest BCUT2D eigenvalue weighted by molar-refractivity contribution is 7.25. The van der Waals surface area contributed by atoms with Gasteiger partial charge < -0.3 is 8.98 Å². The number of para-hydroxylation sites is 1. The van der Waals surface area contributed by atoms with E-state index < -0.39 is 0 Å². The van der Waals surface area contributed by atoms with E-state index in [0.717, 1.165) is 60.7 Å².